The van der Waals surface area contributed by atoms with Gasteiger partial charge in [0.2, 0.25) is 12.2 Å². The summed E-state index contributed by atoms with van der Waals surface area (Å²) in [7, 11) is 1.26. The first-order valence-corrected chi connectivity index (χ1v) is 12.7. The van der Waals surface area contributed by atoms with Crippen LogP contribution in [0.1, 0.15) is 20.1 Å². The molecule has 1 unspecified atom stereocenters. The van der Waals surface area contributed by atoms with Crippen molar-refractivity contribution in [1.82, 2.24) is 9.55 Å². The lowest BCUT2D eigenvalue weighted by Gasteiger charge is -2.34. The maximum Gasteiger partial charge on any atom is 0.330 e. The number of carbonyl (C=O) groups excluding carboxylic acids is 2. The van der Waals surface area contributed by atoms with Gasteiger partial charge in [0.05, 0.1) is 0 Å². The Balaban J connectivity index is 1.41. The van der Waals surface area contributed by atoms with Crippen molar-refractivity contribution >= 4 is 17.5 Å². The number of nitrogens with one attached hydrogen (secondary N) is 2. The number of nitrogens with two attached hydrogens (primary N) is 1. The van der Waals surface area contributed by atoms with E-state index in [4.69, 9.17) is 34.2 Å². The van der Waals surface area contributed by atoms with Crippen molar-refractivity contribution in [3.05, 3.63) is 75.3 Å². The summed E-state index contributed by atoms with van der Waals surface area (Å²) in [4.78, 5) is 51.7. The molecular weight excluding hydrogens is 544 g/mol. The Hall–Kier alpha value is -3.86. The Morgan fingerprint density at radius 1 is 1.17 bits per heavy atom. The SMILES string of the molecule is CO[C@H]1[C@@H](O)[C@H](n2ccc(=O)[nH]c2=O)O[C@@H]1C(O[C@H]1OC(C(=O)Nc2ccccc2)=C[C@@H]2OC(C)(C)O[C@H]12)C(N)=O. The van der Waals surface area contributed by atoms with Gasteiger partial charge >= 0.3 is 5.69 Å². The van der Waals surface area contributed by atoms with Crippen LogP contribution in [0.4, 0.5) is 5.69 Å². The average molecular weight is 575 g/mol. The molecule has 4 heterocycles. The topological polar surface area (TPSA) is 203 Å². The Morgan fingerprint density at radius 2 is 1.90 bits per heavy atom. The van der Waals surface area contributed by atoms with Crippen LogP contribution in [0.3, 0.4) is 0 Å². The number of carbonyl (C=O) groups is 2. The third-order valence-corrected chi connectivity index (χ3v) is 6.75. The van der Waals surface area contributed by atoms with Gasteiger partial charge in [0, 0.05) is 25.1 Å². The van der Waals surface area contributed by atoms with Gasteiger partial charge in [0.1, 0.15) is 24.4 Å². The molecule has 0 bridgehead atoms. The molecule has 2 fully saturated rings. The van der Waals surface area contributed by atoms with Crippen molar-refractivity contribution in [2.24, 2.45) is 5.73 Å². The van der Waals surface area contributed by atoms with Crippen molar-refractivity contribution in [1.29, 1.82) is 0 Å². The van der Waals surface area contributed by atoms with E-state index in [0.29, 0.717) is 5.69 Å². The Labute approximate surface area is 232 Å². The number of ether oxygens (including phenoxy) is 6. The second-order valence-corrected chi connectivity index (χ2v) is 10.1. The number of aliphatic hydroxyl groups is 1. The lowest BCUT2D eigenvalue weighted by Crippen LogP contribution is -2.53. The Kier molecular flexibility index (Phi) is 7.83. The third kappa shape index (κ3) is 5.81. The first kappa shape index (κ1) is 28.7. The highest BCUT2D eigenvalue weighted by Gasteiger charge is 2.55. The van der Waals surface area contributed by atoms with E-state index >= 15 is 0 Å². The summed E-state index contributed by atoms with van der Waals surface area (Å²) in [5.41, 5.74) is 4.71. The number of aromatic nitrogens is 2. The molecular formula is C26H30N4O11. The largest absolute Gasteiger partial charge is 0.456 e. The summed E-state index contributed by atoms with van der Waals surface area (Å²) in [6.07, 6.45) is -7.55. The summed E-state index contributed by atoms with van der Waals surface area (Å²) in [6, 6.07) is 9.74. The first-order chi connectivity index (χ1) is 19.5. The van der Waals surface area contributed by atoms with Gasteiger partial charge in [0.15, 0.2) is 30.0 Å². The van der Waals surface area contributed by atoms with Gasteiger partial charge in [-0.15, -0.1) is 0 Å². The number of para-hydroxylation sites is 1. The average Bonchev–Trinajstić information content (AvgIpc) is 3.41. The van der Waals surface area contributed by atoms with Crippen molar-refractivity contribution in [3.8, 4) is 0 Å². The molecule has 41 heavy (non-hydrogen) atoms. The van der Waals surface area contributed by atoms with Crippen LogP contribution in [0.25, 0.3) is 0 Å². The van der Waals surface area contributed by atoms with E-state index in [-0.39, 0.29) is 5.76 Å². The molecule has 8 atom stereocenters. The molecule has 5 N–H and O–H groups in total. The van der Waals surface area contributed by atoms with Gasteiger partial charge in [-0.25, -0.2) is 4.79 Å². The van der Waals surface area contributed by atoms with E-state index in [1.807, 2.05) is 0 Å². The maximum atomic E-state index is 13.1. The minimum atomic E-state index is -1.62. The fraction of sp³-hybridized carbons (Fsp3) is 0.462. The molecule has 15 heteroatoms. The zero-order chi connectivity index (χ0) is 29.5. The molecule has 5 rings (SSSR count). The molecule has 2 amide bonds. The van der Waals surface area contributed by atoms with Crippen molar-refractivity contribution in [2.45, 2.75) is 68.8 Å². The lowest BCUT2D eigenvalue weighted by molar-refractivity contribution is -0.241. The number of fused-ring (bicyclic) bond motifs is 1. The van der Waals surface area contributed by atoms with E-state index in [1.54, 1.807) is 44.2 Å². The van der Waals surface area contributed by atoms with E-state index in [9.17, 15) is 24.3 Å². The van der Waals surface area contributed by atoms with Crippen LogP contribution in [-0.2, 0) is 38.0 Å². The number of hydrogen-bond donors (Lipinski definition) is 4. The summed E-state index contributed by atoms with van der Waals surface area (Å²) >= 11 is 0. The first-order valence-electron chi connectivity index (χ1n) is 12.7. The third-order valence-electron chi connectivity index (χ3n) is 6.75. The number of nitrogens with zero attached hydrogens (tertiary/aromatic N) is 1. The molecule has 2 saturated heterocycles. The summed E-state index contributed by atoms with van der Waals surface area (Å²) in [6.45, 7) is 3.32. The number of anilines is 1. The molecule has 0 aliphatic carbocycles. The second kappa shape index (κ2) is 11.2. The maximum absolute atomic E-state index is 13.1. The number of rotatable bonds is 8. The lowest BCUT2D eigenvalue weighted by atomic mass is 10.0. The molecule has 0 spiro atoms. The zero-order valence-corrected chi connectivity index (χ0v) is 22.3. The van der Waals surface area contributed by atoms with E-state index in [0.717, 1.165) is 16.8 Å². The van der Waals surface area contributed by atoms with Crippen LogP contribution in [-0.4, -0.2) is 82.3 Å². The predicted molar refractivity (Wildman–Crippen MR) is 138 cm³/mol. The molecule has 3 aliphatic heterocycles. The van der Waals surface area contributed by atoms with Crippen LogP contribution in [0.5, 0.6) is 0 Å². The number of aliphatic hydroxyl groups excluding tert-OH is 1. The quantitative estimate of drug-likeness (QED) is 0.304. The predicted octanol–water partition coefficient (Wildman–Crippen LogP) is -0.921. The van der Waals surface area contributed by atoms with E-state index in [1.165, 1.54) is 13.2 Å². The van der Waals surface area contributed by atoms with Gasteiger partial charge in [-0.3, -0.25) is 23.9 Å². The fourth-order valence-electron chi connectivity index (χ4n) is 4.99. The van der Waals surface area contributed by atoms with Crippen LogP contribution >= 0.6 is 0 Å². The zero-order valence-electron chi connectivity index (χ0n) is 22.3. The van der Waals surface area contributed by atoms with Gasteiger partial charge in [0.25, 0.3) is 11.5 Å². The highest BCUT2D eigenvalue weighted by molar-refractivity contribution is 6.02. The van der Waals surface area contributed by atoms with Crippen LogP contribution < -0.4 is 22.3 Å². The molecule has 2 aromatic rings. The van der Waals surface area contributed by atoms with Gasteiger partial charge in [-0.05, 0) is 32.1 Å². The smallest absolute Gasteiger partial charge is 0.330 e. The van der Waals surface area contributed by atoms with Crippen LogP contribution in [0.2, 0.25) is 0 Å². The van der Waals surface area contributed by atoms with Crippen molar-refractivity contribution in [3.63, 3.8) is 0 Å². The molecule has 3 aliphatic rings. The molecule has 1 aromatic heterocycles. The van der Waals surface area contributed by atoms with Crippen molar-refractivity contribution < 1.29 is 43.1 Å². The number of methoxy groups -OCH3 is 1. The van der Waals surface area contributed by atoms with E-state index in [2.05, 4.69) is 10.3 Å². The number of benzene rings is 1. The fourth-order valence-corrected chi connectivity index (χ4v) is 4.99. The molecule has 220 valence electrons. The van der Waals surface area contributed by atoms with E-state index < -0.39 is 78.0 Å². The molecule has 0 radical (unpaired) electrons. The number of hydrogen-bond acceptors (Lipinski definition) is 11. The molecule has 1 aromatic carbocycles. The number of amides is 2. The Morgan fingerprint density at radius 3 is 2.56 bits per heavy atom. The minimum absolute atomic E-state index is 0.155. The van der Waals surface area contributed by atoms with Gasteiger partial charge in [-0.1, -0.05) is 18.2 Å². The summed E-state index contributed by atoms with van der Waals surface area (Å²) < 4.78 is 35.9. The summed E-state index contributed by atoms with van der Waals surface area (Å²) in [5.74, 6) is -2.86. The highest BCUT2D eigenvalue weighted by atomic mass is 16.8. The van der Waals surface area contributed by atoms with Gasteiger partial charge < -0.3 is 44.6 Å². The minimum Gasteiger partial charge on any atom is -0.456 e. The second-order valence-electron chi connectivity index (χ2n) is 10.1. The molecule has 0 saturated carbocycles. The highest BCUT2D eigenvalue weighted by Crippen LogP contribution is 2.39. The number of aromatic amines is 1. The Bertz CT molecular complexity index is 1440. The van der Waals surface area contributed by atoms with Crippen molar-refractivity contribution in [2.75, 3.05) is 12.4 Å². The number of primary amides is 1. The van der Waals surface area contributed by atoms with Crippen LogP contribution in [0.15, 0.2) is 64.0 Å². The molecule has 15 nitrogen and oxygen atoms in total. The van der Waals surface area contributed by atoms with Gasteiger partial charge in [-0.2, -0.15) is 0 Å². The van der Waals surface area contributed by atoms with Crippen LogP contribution in [0, 0.1) is 0 Å². The standard InChI is InChI=1S/C26H30N4O11/c1-26(2)40-13-11-14(22(34)28-12-7-5-4-6-8-12)37-24(17(13)41-26)39-20(21(27)33)19-18(36-3)16(32)23(38-19)30-10-9-15(31)29-25(30)35/h4-11,13,16-20,23-24,32H,1-3H3,(H2,27,33)(H,28,34)(H,29,31,35)/t13-,16+,17-,18-,19-,20?,23+,24+/m0/s1. The normalized spacial score (nSPS) is 31.0. The monoisotopic (exact) mass is 574 g/mol. The number of H-pyrrole nitrogens is 1. The summed E-state index contributed by atoms with van der Waals surface area (Å²) in [5, 5.41) is 13.6.